The van der Waals surface area contributed by atoms with Crippen LogP contribution >= 0.6 is 0 Å². The van der Waals surface area contributed by atoms with Crippen LogP contribution in [-0.4, -0.2) is 37.5 Å². The van der Waals surface area contributed by atoms with Gasteiger partial charge >= 0.3 is 5.97 Å². The summed E-state index contributed by atoms with van der Waals surface area (Å²) in [5, 5.41) is 2.73. The van der Waals surface area contributed by atoms with Crippen LogP contribution in [0.5, 0.6) is 0 Å². The van der Waals surface area contributed by atoms with Gasteiger partial charge in [0.1, 0.15) is 6.54 Å². The number of amides is 2. The average molecular weight is 292 g/mol. The molecule has 0 heterocycles. The number of hydrogen-bond acceptors (Lipinski definition) is 4. The van der Waals surface area contributed by atoms with E-state index in [4.69, 9.17) is 0 Å². The molecule has 0 saturated heterocycles. The molecule has 0 radical (unpaired) electrons. The molecule has 0 atom stereocenters. The molecule has 0 aliphatic rings. The summed E-state index contributed by atoms with van der Waals surface area (Å²) in [6.07, 6.45) is 0. The highest BCUT2D eigenvalue weighted by Gasteiger charge is 2.16. The van der Waals surface area contributed by atoms with Crippen molar-refractivity contribution in [2.24, 2.45) is 0 Å². The maximum absolute atomic E-state index is 11.8. The fraction of sp³-hybridized carbons (Fsp3) is 0.400. The van der Waals surface area contributed by atoms with Crippen LogP contribution in [0.1, 0.15) is 31.1 Å². The predicted molar refractivity (Wildman–Crippen MR) is 79.1 cm³/mol. The molecule has 114 valence electrons. The maximum Gasteiger partial charge on any atom is 0.337 e. The van der Waals surface area contributed by atoms with Crippen molar-refractivity contribution in [3.8, 4) is 0 Å². The zero-order valence-corrected chi connectivity index (χ0v) is 12.7. The molecule has 0 unspecified atom stereocenters. The van der Waals surface area contributed by atoms with E-state index in [0.29, 0.717) is 11.3 Å². The zero-order chi connectivity index (χ0) is 16.0. The molecule has 0 fully saturated rings. The summed E-state index contributed by atoms with van der Waals surface area (Å²) in [7, 11) is 1.30. The Bertz CT molecular complexity index is 523. The van der Waals surface area contributed by atoms with Gasteiger partial charge in [-0.1, -0.05) is 0 Å². The van der Waals surface area contributed by atoms with Crippen LogP contribution in [-0.2, 0) is 14.3 Å². The second kappa shape index (κ2) is 7.42. The monoisotopic (exact) mass is 292 g/mol. The number of hydrogen-bond donors (Lipinski definition) is 1. The Morgan fingerprint density at radius 1 is 1.19 bits per heavy atom. The van der Waals surface area contributed by atoms with Gasteiger partial charge in [-0.2, -0.15) is 0 Å². The standard InChI is InChI=1S/C15H20N2O4/c1-10(2)16-14(19)9-17(11(3)18)13-7-5-12(6-8-13)15(20)21-4/h5-8,10H,9H2,1-4H3,(H,16,19). The average Bonchev–Trinajstić information content (AvgIpc) is 2.43. The SMILES string of the molecule is COC(=O)c1ccc(N(CC(=O)NC(C)C)C(C)=O)cc1. The predicted octanol–water partition coefficient (Wildman–Crippen LogP) is 1.35. The molecule has 0 aliphatic heterocycles. The van der Waals surface area contributed by atoms with Crippen LogP contribution in [0.15, 0.2) is 24.3 Å². The smallest absolute Gasteiger partial charge is 0.337 e. The molecular weight excluding hydrogens is 272 g/mol. The molecule has 6 nitrogen and oxygen atoms in total. The number of benzene rings is 1. The van der Waals surface area contributed by atoms with Crippen molar-refractivity contribution in [1.82, 2.24) is 5.32 Å². The Morgan fingerprint density at radius 2 is 1.76 bits per heavy atom. The highest BCUT2D eigenvalue weighted by atomic mass is 16.5. The normalized spacial score (nSPS) is 10.1. The third-order valence-electron chi connectivity index (χ3n) is 2.73. The molecule has 1 aromatic carbocycles. The second-order valence-electron chi connectivity index (χ2n) is 4.87. The molecule has 21 heavy (non-hydrogen) atoms. The number of carbonyl (C=O) groups excluding carboxylic acids is 3. The Kier molecular flexibility index (Phi) is 5.90. The van der Waals surface area contributed by atoms with Crippen molar-refractivity contribution in [2.45, 2.75) is 26.8 Å². The molecule has 0 spiro atoms. The van der Waals surface area contributed by atoms with Crippen LogP contribution in [0, 0.1) is 0 Å². The first-order valence-corrected chi connectivity index (χ1v) is 6.61. The molecular formula is C15H20N2O4. The van der Waals surface area contributed by atoms with E-state index in [0.717, 1.165) is 0 Å². The number of methoxy groups -OCH3 is 1. The topological polar surface area (TPSA) is 75.7 Å². The van der Waals surface area contributed by atoms with Gasteiger partial charge in [0, 0.05) is 18.7 Å². The van der Waals surface area contributed by atoms with Gasteiger partial charge < -0.3 is 15.0 Å². The number of esters is 1. The van der Waals surface area contributed by atoms with Gasteiger partial charge in [0.25, 0.3) is 0 Å². The first kappa shape index (κ1) is 16.7. The van der Waals surface area contributed by atoms with E-state index in [-0.39, 0.29) is 24.4 Å². The molecule has 2 amide bonds. The van der Waals surface area contributed by atoms with Crippen molar-refractivity contribution in [3.05, 3.63) is 29.8 Å². The fourth-order valence-electron chi connectivity index (χ4n) is 1.79. The molecule has 0 aliphatic carbocycles. The van der Waals surface area contributed by atoms with Crippen molar-refractivity contribution < 1.29 is 19.1 Å². The Hall–Kier alpha value is -2.37. The van der Waals surface area contributed by atoms with Crippen molar-refractivity contribution >= 4 is 23.5 Å². The van der Waals surface area contributed by atoms with Crippen molar-refractivity contribution in [3.63, 3.8) is 0 Å². The van der Waals surface area contributed by atoms with Crippen LogP contribution in [0.25, 0.3) is 0 Å². The minimum absolute atomic E-state index is 0.00742. The number of nitrogens with zero attached hydrogens (tertiary/aromatic N) is 1. The van der Waals surface area contributed by atoms with Gasteiger partial charge in [0.2, 0.25) is 11.8 Å². The lowest BCUT2D eigenvalue weighted by atomic mass is 10.2. The summed E-state index contributed by atoms with van der Waals surface area (Å²) in [6.45, 7) is 5.02. The first-order valence-electron chi connectivity index (χ1n) is 6.61. The van der Waals surface area contributed by atoms with Gasteiger partial charge in [0.15, 0.2) is 0 Å². The largest absolute Gasteiger partial charge is 0.465 e. The number of rotatable bonds is 5. The van der Waals surface area contributed by atoms with E-state index in [9.17, 15) is 14.4 Å². The second-order valence-corrected chi connectivity index (χ2v) is 4.87. The lowest BCUT2D eigenvalue weighted by Gasteiger charge is -2.21. The Labute approximate surface area is 124 Å². The quantitative estimate of drug-likeness (QED) is 0.831. The third-order valence-corrected chi connectivity index (χ3v) is 2.73. The van der Waals surface area contributed by atoms with Gasteiger partial charge in [-0.25, -0.2) is 4.79 Å². The van der Waals surface area contributed by atoms with E-state index in [2.05, 4.69) is 10.1 Å². The first-order chi connectivity index (χ1) is 9.85. The Morgan fingerprint density at radius 3 is 2.19 bits per heavy atom. The van der Waals surface area contributed by atoms with Gasteiger partial charge in [-0.05, 0) is 38.1 Å². The summed E-state index contributed by atoms with van der Waals surface area (Å²) in [5.41, 5.74) is 0.936. The maximum atomic E-state index is 11.8. The molecule has 0 bridgehead atoms. The van der Waals surface area contributed by atoms with Crippen LogP contribution in [0.3, 0.4) is 0 Å². The van der Waals surface area contributed by atoms with Crippen LogP contribution < -0.4 is 10.2 Å². The lowest BCUT2D eigenvalue weighted by Crippen LogP contribution is -2.42. The zero-order valence-electron chi connectivity index (χ0n) is 12.7. The minimum atomic E-state index is -0.450. The highest BCUT2D eigenvalue weighted by molar-refractivity contribution is 5.98. The molecule has 6 heteroatoms. The van der Waals surface area contributed by atoms with Crippen molar-refractivity contribution in [1.29, 1.82) is 0 Å². The molecule has 1 aromatic rings. The summed E-state index contributed by atoms with van der Waals surface area (Å²) < 4.78 is 4.61. The summed E-state index contributed by atoms with van der Waals surface area (Å²) >= 11 is 0. The van der Waals surface area contributed by atoms with Gasteiger partial charge in [-0.15, -0.1) is 0 Å². The third kappa shape index (κ3) is 4.91. The van der Waals surface area contributed by atoms with Gasteiger partial charge in [0.05, 0.1) is 12.7 Å². The van der Waals surface area contributed by atoms with E-state index < -0.39 is 5.97 Å². The number of carbonyl (C=O) groups is 3. The van der Waals surface area contributed by atoms with Crippen LogP contribution in [0.2, 0.25) is 0 Å². The van der Waals surface area contributed by atoms with Crippen LogP contribution in [0.4, 0.5) is 5.69 Å². The molecule has 0 saturated carbocycles. The molecule has 0 aromatic heterocycles. The molecule has 1 N–H and O–H groups in total. The summed E-state index contributed by atoms with van der Waals surface area (Å²) in [5.74, 6) is -0.939. The van der Waals surface area contributed by atoms with E-state index in [1.807, 2.05) is 13.8 Å². The summed E-state index contributed by atoms with van der Waals surface area (Å²) in [4.78, 5) is 36.2. The number of anilines is 1. The minimum Gasteiger partial charge on any atom is -0.465 e. The lowest BCUT2D eigenvalue weighted by molar-refractivity contribution is -0.123. The van der Waals surface area contributed by atoms with Gasteiger partial charge in [-0.3, -0.25) is 9.59 Å². The molecule has 1 rings (SSSR count). The highest BCUT2D eigenvalue weighted by Crippen LogP contribution is 2.16. The van der Waals surface area contributed by atoms with E-state index >= 15 is 0 Å². The van der Waals surface area contributed by atoms with Crippen molar-refractivity contribution in [2.75, 3.05) is 18.6 Å². The number of ether oxygens (including phenoxy) is 1. The summed E-state index contributed by atoms with van der Waals surface area (Å²) in [6, 6.07) is 6.33. The number of nitrogens with one attached hydrogen (secondary N) is 1. The Balaban J connectivity index is 2.88. The fourth-order valence-corrected chi connectivity index (χ4v) is 1.79. The van der Waals surface area contributed by atoms with E-state index in [1.54, 1.807) is 24.3 Å². The van der Waals surface area contributed by atoms with E-state index in [1.165, 1.54) is 18.9 Å².